The van der Waals surface area contributed by atoms with Crippen molar-refractivity contribution in [2.45, 2.75) is 46.7 Å². The van der Waals surface area contributed by atoms with Crippen molar-refractivity contribution in [2.75, 3.05) is 11.9 Å². The molecule has 0 amide bonds. The van der Waals surface area contributed by atoms with Gasteiger partial charge in [-0.2, -0.15) is 5.10 Å². The molecule has 19 heavy (non-hydrogen) atoms. The van der Waals surface area contributed by atoms with Crippen LogP contribution >= 0.6 is 0 Å². The summed E-state index contributed by atoms with van der Waals surface area (Å²) in [6.07, 6.45) is 0. The third kappa shape index (κ3) is 3.23. The molecule has 7 heteroatoms. The zero-order chi connectivity index (χ0) is 14.7. The Morgan fingerprint density at radius 2 is 2.00 bits per heavy atom. The maximum absolute atomic E-state index is 11.2. The van der Waals surface area contributed by atoms with Gasteiger partial charge in [0, 0.05) is 18.7 Å². The largest absolute Gasteiger partial charge is 0.396 e. The summed E-state index contributed by atoms with van der Waals surface area (Å²) < 4.78 is 1.62. The second-order valence-electron chi connectivity index (χ2n) is 5.17. The van der Waals surface area contributed by atoms with E-state index in [0.29, 0.717) is 11.5 Å². The number of rotatable bonds is 6. The average molecular weight is 270 g/mol. The molecule has 2 atom stereocenters. The maximum Gasteiger partial charge on any atom is 0.333 e. The van der Waals surface area contributed by atoms with Crippen molar-refractivity contribution < 1.29 is 10.0 Å². The van der Waals surface area contributed by atoms with E-state index in [1.807, 2.05) is 27.7 Å². The molecule has 0 aliphatic heterocycles. The SMILES string of the molecule is Cc1nn(C(C)C)c(NC(C)C(C)CO)c1[N+](=O)[O-]. The van der Waals surface area contributed by atoms with Crippen LogP contribution in [0.4, 0.5) is 11.5 Å². The smallest absolute Gasteiger partial charge is 0.333 e. The minimum atomic E-state index is -0.417. The van der Waals surface area contributed by atoms with Gasteiger partial charge in [0.05, 0.1) is 4.92 Å². The standard InChI is InChI=1S/C12H22N4O3/c1-7(2)15-12(13-9(4)8(3)6-17)11(16(18)19)10(5)14-15/h7-9,13,17H,6H2,1-5H3. The Morgan fingerprint density at radius 3 is 2.42 bits per heavy atom. The van der Waals surface area contributed by atoms with Crippen LogP contribution < -0.4 is 5.32 Å². The molecule has 2 N–H and O–H groups in total. The van der Waals surface area contributed by atoms with Gasteiger partial charge in [0.2, 0.25) is 5.82 Å². The Bertz CT molecular complexity index is 456. The lowest BCUT2D eigenvalue weighted by Gasteiger charge is -2.21. The molecular formula is C12H22N4O3. The normalized spacial score (nSPS) is 14.5. The molecule has 108 valence electrons. The summed E-state index contributed by atoms with van der Waals surface area (Å²) >= 11 is 0. The summed E-state index contributed by atoms with van der Waals surface area (Å²) in [5.41, 5.74) is 0.399. The molecule has 1 heterocycles. The quantitative estimate of drug-likeness (QED) is 0.610. The fourth-order valence-electron chi connectivity index (χ4n) is 1.78. The van der Waals surface area contributed by atoms with E-state index in [0.717, 1.165) is 0 Å². The molecule has 1 aromatic heterocycles. The van der Waals surface area contributed by atoms with Gasteiger partial charge in [-0.1, -0.05) is 6.92 Å². The number of aliphatic hydroxyl groups is 1. The Kier molecular flexibility index (Phi) is 4.88. The number of nitrogens with zero attached hydrogens (tertiary/aromatic N) is 3. The van der Waals surface area contributed by atoms with Gasteiger partial charge in [0.1, 0.15) is 5.69 Å². The van der Waals surface area contributed by atoms with Crippen LogP contribution in [0.15, 0.2) is 0 Å². The fraction of sp³-hybridized carbons (Fsp3) is 0.750. The molecule has 0 bridgehead atoms. The van der Waals surface area contributed by atoms with Crippen molar-refractivity contribution in [2.24, 2.45) is 5.92 Å². The molecule has 0 aliphatic rings. The second kappa shape index (κ2) is 6.01. The average Bonchev–Trinajstić information content (AvgIpc) is 2.65. The third-order valence-corrected chi connectivity index (χ3v) is 3.23. The van der Waals surface area contributed by atoms with Crippen LogP contribution in [0, 0.1) is 23.0 Å². The number of hydrogen-bond donors (Lipinski definition) is 2. The van der Waals surface area contributed by atoms with Crippen molar-refractivity contribution >= 4 is 11.5 Å². The number of hydrogen-bond acceptors (Lipinski definition) is 5. The fourth-order valence-corrected chi connectivity index (χ4v) is 1.78. The van der Waals surface area contributed by atoms with E-state index in [1.165, 1.54) is 0 Å². The molecule has 0 fully saturated rings. The minimum absolute atomic E-state index is 0.00424. The molecule has 0 aliphatic carbocycles. The van der Waals surface area contributed by atoms with Crippen LogP contribution in [-0.2, 0) is 0 Å². The van der Waals surface area contributed by atoms with Gasteiger partial charge < -0.3 is 10.4 Å². The predicted octanol–water partition coefficient (Wildman–Crippen LogP) is 2.11. The number of nitrogens with one attached hydrogen (secondary N) is 1. The first-order valence-electron chi connectivity index (χ1n) is 6.40. The molecule has 2 unspecified atom stereocenters. The molecule has 1 rings (SSSR count). The van der Waals surface area contributed by atoms with Gasteiger partial charge in [0.15, 0.2) is 0 Å². The van der Waals surface area contributed by atoms with Crippen molar-refractivity contribution in [3.05, 3.63) is 15.8 Å². The first kappa shape index (κ1) is 15.4. The lowest BCUT2D eigenvalue weighted by Crippen LogP contribution is -2.28. The van der Waals surface area contributed by atoms with Crippen LogP contribution in [0.1, 0.15) is 39.4 Å². The molecule has 1 aromatic rings. The molecule has 0 saturated heterocycles. The van der Waals surface area contributed by atoms with Crippen molar-refractivity contribution in [3.63, 3.8) is 0 Å². The number of nitro groups is 1. The topological polar surface area (TPSA) is 93.2 Å². The first-order valence-corrected chi connectivity index (χ1v) is 6.40. The summed E-state index contributed by atoms with van der Waals surface area (Å²) in [6, 6.07) is -0.0659. The van der Waals surface area contributed by atoms with Gasteiger partial charge in [0.25, 0.3) is 0 Å². The summed E-state index contributed by atoms with van der Waals surface area (Å²) in [4.78, 5) is 10.7. The lowest BCUT2D eigenvalue weighted by molar-refractivity contribution is -0.384. The Balaban J connectivity index is 3.19. The highest BCUT2D eigenvalue weighted by Crippen LogP contribution is 2.31. The molecule has 0 spiro atoms. The van der Waals surface area contributed by atoms with Crippen LogP contribution in [0.2, 0.25) is 0 Å². The van der Waals surface area contributed by atoms with Gasteiger partial charge in [-0.25, -0.2) is 4.68 Å². The van der Waals surface area contributed by atoms with Crippen molar-refractivity contribution in [3.8, 4) is 0 Å². The highest BCUT2D eigenvalue weighted by Gasteiger charge is 2.28. The van der Waals surface area contributed by atoms with E-state index in [1.54, 1.807) is 11.6 Å². The van der Waals surface area contributed by atoms with Gasteiger partial charge in [-0.3, -0.25) is 10.1 Å². The van der Waals surface area contributed by atoms with Gasteiger partial charge >= 0.3 is 5.69 Å². The zero-order valence-corrected chi connectivity index (χ0v) is 12.0. The van der Waals surface area contributed by atoms with E-state index in [4.69, 9.17) is 5.11 Å². The van der Waals surface area contributed by atoms with Crippen LogP contribution in [0.3, 0.4) is 0 Å². The number of anilines is 1. The van der Waals surface area contributed by atoms with Crippen molar-refractivity contribution in [1.29, 1.82) is 0 Å². The van der Waals surface area contributed by atoms with E-state index >= 15 is 0 Å². The molecular weight excluding hydrogens is 248 g/mol. The van der Waals surface area contributed by atoms with E-state index < -0.39 is 4.92 Å². The third-order valence-electron chi connectivity index (χ3n) is 3.23. The monoisotopic (exact) mass is 270 g/mol. The molecule has 0 radical (unpaired) electrons. The van der Waals surface area contributed by atoms with Crippen LogP contribution in [0.25, 0.3) is 0 Å². The Hall–Kier alpha value is -1.63. The number of aryl methyl sites for hydroxylation is 1. The predicted molar refractivity (Wildman–Crippen MR) is 73.3 cm³/mol. The highest BCUT2D eigenvalue weighted by molar-refractivity contribution is 5.60. The van der Waals surface area contributed by atoms with E-state index in [2.05, 4.69) is 10.4 Å². The van der Waals surface area contributed by atoms with Crippen molar-refractivity contribution in [1.82, 2.24) is 9.78 Å². The summed E-state index contributed by atoms with van der Waals surface area (Å²) in [5, 5.41) is 27.6. The van der Waals surface area contributed by atoms with E-state index in [9.17, 15) is 10.1 Å². The zero-order valence-electron chi connectivity index (χ0n) is 12.0. The highest BCUT2D eigenvalue weighted by atomic mass is 16.6. The Labute approximate surface area is 112 Å². The lowest BCUT2D eigenvalue weighted by atomic mass is 10.1. The molecule has 0 saturated carbocycles. The van der Waals surface area contributed by atoms with E-state index in [-0.39, 0.29) is 30.3 Å². The summed E-state index contributed by atoms with van der Waals surface area (Å²) in [5.74, 6) is 0.403. The Morgan fingerprint density at radius 1 is 1.42 bits per heavy atom. The van der Waals surface area contributed by atoms with Crippen LogP contribution in [-0.4, -0.2) is 32.5 Å². The van der Waals surface area contributed by atoms with Gasteiger partial charge in [-0.05, 0) is 33.6 Å². The first-order chi connectivity index (χ1) is 8.79. The minimum Gasteiger partial charge on any atom is -0.396 e. The summed E-state index contributed by atoms with van der Waals surface area (Å²) in [7, 11) is 0. The summed E-state index contributed by atoms with van der Waals surface area (Å²) in [6.45, 7) is 9.26. The maximum atomic E-state index is 11.2. The second-order valence-corrected chi connectivity index (χ2v) is 5.17. The number of aliphatic hydroxyl groups excluding tert-OH is 1. The number of aromatic nitrogens is 2. The van der Waals surface area contributed by atoms with Gasteiger partial charge in [-0.15, -0.1) is 0 Å². The molecule has 0 aromatic carbocycles. The molecule has 7 nitrogen and oxygen atoms in total. The van der Waals surface area contributed by atoms with Crippen LogP contribution in [0.5, 0.6) is 0 Å².